The Morgan fingerprint density at radius 3 is 2.95 bits per heavy atom. The number of hydrogen-bond acceptors (Lipinski definition) is 4. The maximum atomic E-state index is 5.82. The molecule has 2 fully saturated rings. The molecule has 1 atom stereocenters. The molecule has 2 aliphatic rings. The molecule has 0 spiro atoms. The highest BCUT2D eigenvalue weighted by Crippen LogP contribution is 2.22. The quantitative estimate of drug-likeness (QED) is 0.845. The number of hydrogen-bond donors (Lipinski definition) is 2. The van der Waals surface area contributed by atoms with Crippen molar-refractivity contribution in [3.63, 3.8) is 0 Å². The Morgan fingerprint density at radius 1 is 1.24 bits per heavy atom. The fourth-order valence-corrected chi connectivity index (χ4v) is 3.73. The van der Waals surface area contributed by atoms with Gasteiger partial charge < -0.3 is 10.7 Å². The van der Waals surface area contributed by atoms with Gasteiger partial charge in [-0.05, 0) is 50.6 Å². The summed E-state index contributed by atoms with van der Waals surface area (Å²) >= 11 is 0. The van der Waals surface area contributed by atoms with Crippen molar-refractivity contribution in [2.75, 3.05) is 31.9 Å². The van der Waals surface area contributed by atoms with Crippen LogP contribution in [0.1, 0.15) is 25.1 Å². The molecule has 0 radical (unpaired) electrons. The van der Waals surface area contributed by atoms with E-state index in [1.807, 2.05) is 18.2 Å². The molecule has 1 aromatic heterocycles. The molecule has 2 aromatic rings. The highest BCUT2D eigenvalue weighted by Gasteiger charge is 2.29. The molecule has 4 rings (SSSR count). The molecule has 21 heavy (non-hydrogen) atoms. The molecule has 0 saturated carbocycles. The third-order valence-corrected chi connectivity index (χ3v) is 4.83. The van der Waals surface area contributed by atoms with Gasteiger partial charge in [0.25, 0.3) is 0 Å². The molecule has 2 saturated heterocycles. The fraction of sp³-hybridized carbons (Fsp3) is 0.562. The van der Waals surface area contributed by atoms with Crippen molar-refractivity contribution in [2.45, 2.75) is 31.8 Å². The average molecular weight is 285 g/mol. The van der Waals surface area contributed by atoms with Crippen LogP contribution in [0.2, 0.25) is 0 Å². The number of nitrogens with one attached hydrogen (secondary N) is 1. The summed E-state index contributed by atoms with van der Waals surface area (Å²) in [4.78, 5) is 13.3. The van der Waals surface area contributed by atoms with E-state index in [4.69, 9.17) is 5.73 Å². The lowest BCUT2D eigenvalue weighted by Gasteiger charge is -2.23. The maximum absolute atomic E-state index is 5.82. The molecule has 5 heteroatoms. The molecule has 0 bridgehead atoms. The van der Waals surface area contributed by atoms with Gasteiger partial charge in [0.15, 0.2) is 0 Å². The van der Waals surface area contributed by atoms with E-state index in [1.54, 1.807) is 0 Å². The number of nitrogens with zero attached hydrogens (tertiary/aromatic N) is 3. The number of aromatic nitrogens is 2. The van der Waals surface area contributed by atoms with Gasteiger partial charge in [-0.3, -0.25) is 9.80 Å². The van der Waals surface area contributed by atoms with E-state index >= 15 is 0 Å². The number of fused-ring (bicyclic) bond motifs is 1. The number of nitrogen functional groups attached to an aromatic ring is 1. The fourth-order valence-electron chi connectivity index (χ4n) is 3.73. The van der Waals surface area contributed by atoms with Crippen molar-refractivity contribution in [2.24, 2.45) is 0 Å². The van der Waals surface area contributed by atoms with Gasteiger partial charge in [-0.25, -0.2) is 4.98 Å². The number of aromatic amines is 1. The Hall–Kier alpha value is -1.59. The standard InChI is InChI=1S/C16H23N5/c17-12-3-4-14-15(9-12)19-16(18-14)11-20-8-5-13(10-20)21-6-1-2-7-21/h3-4,9,13H,1-2,5-8,10-11,17H2,(H,18,19). The van der Waals surface area contributed by atoms with Crippen LogP contribution >= 0.6 is 0 Å². The molecule has 1 aromatic carbocycles. The monoisotopic (exact) mass is 285 g/mol. The summed E-state index contributed by atoms with van der Waals surface area (Å²) in [6, 6.07) is 6.61. The summed E-state index contributed by atoms with van der Waals surface area (Å²) in [6.45, 7) is 5.86. The number of imidazole rings is 1. The maximum Gasteiger partial charge on any atom is 0.121 e. The minimum atomic E-state index is 0.757. The first kappa shape index (κ1) is 13.1. The smallest absolute Gasteiger partial charge is 0.121 e. The third-order valence-electron chi connectivity index (χ3n) is 4.83. The molecule has 112 valence electrons. The van der Waals surface area contributed by atoms with Gasteiger partial charge in [-0.1, -0.05) is 0 Å². The summed E-state index contributed by atoms with van der Waals surface area (Å²) < 4.78 is 0. The number of likely N-dealkylation sites (tertiary alicyclic amines) is 2. The third kappa shape index (κ3) is 2.63. The van der Waals surface area contributed by atoms with Crippen molar-refractivity contribution in [1.29, 1.82) is 0 Å². The van der Waals surface area contributed by atoms with Crippen LogP contribution in [0.3, 0.4) is 0 Å². The SMILES string of the molecule is Nc1ccc2nc(CN3CCC(N4CCCC4)C3)[nH]c2c1. The predicted molar refractivity (Wildman–Crippen MR) is 85.0 cm³/mol. The van der Waals surface area contributed by atoms with E-state index in [-0.39, 0.29) is 0 Å². The second-order valence-electron chi connectivity index (χ2n) is 6.38. The number of H-pyrrole nitrogens is 1. The minimum Gasteiger partial charge on any atom is -0.399 e. The first-order chi connectivity index (χ1) is 10.3. The first-order valence-electron chi connectivity index (χ1n) is 7.98. The Kier molecular flexibility index (Phi) is 3.31. The Labute approximate surface area is 125 Å². The van der Waals surface area contributed by atoms with Crippen LogP contribution in [0.5, 0.6) is 0 Å². The summed E-state index contributed by atoms with van der Waals surface area (Å²) in [6.07, 6.45) is 4.05. The largest absolute Gasteiger partial charge is 0.399 e. The van der Waals surface area contributed by atoms with E-state index in [0.717, 1.165) is 35.1 Å². The van der Waals surface area contributed by atoms with Crippen LogP contribution in [-0.2, 0) is 6.54 Å². The van der Waals surface area contributed by atoms with Gasteiger partial charge in [0.1, 0.15) is 5.82 Å². The molecule has 5 nitrogen and oxygen atoms in total. The molecule has 1 unspecified atom stereocenters. The minimum absolute atomic E-state index is 0.757. The van der Waals surface area contributed by atoms with Crippen molar-refractivity contribution in [1.82, 2.24) is 19.8 Å². The average Bonchev–Trinajstić information content (AvgIpc) is 3.16. The first-order valence-corrected chi connectivity index (χ1v) is 7.98. The lowest BCUT2D eigenvalue weighted by atomic mass is 10.2. The number of nitrogens with two attached hydrogens (primary N) is 1. The van der Waals surface area contributed by atoms with E-state index in [2.05, 4.69) is 19.8 Å². The van der Waals surface area contributed by atoms with E-state index in [9.17, 15) is 0 Å². The topological polar surface area (TPSA) is 61.2 Å². The van der Waals surface area contributed by atoms with Crippen molar-refractivity contribution < 1.29 is 0 Å². The van der Waals surface area contributed by atoms with E-state index in [0.29, 0.717) is 0 Å². The van der Waals surface area contributed by atoms with Crippen LogP contribution in [-0.4, -0.2) is 52.0 Å². The van der Waals surface area contributed by atoms with Gasteiger partial charge in [0, 0.05) is 24.8 Å². The lowest BCUT2D eigenvalue weighted by molar-refractivity contribution is 0.228. The van der Waals surface area contributed by atoms with Gasteiger partial charge in [-0.15, -0.1) is 0 Å². The van der Waals surface area contributed by atoms with Crippen LogP contribution in [0, 0.1) is 0 Å². The molecule has 3 heterocycles. The van der Waals surface area contributed by atoms with Gasteiger partial charge in [0.2, 0.25) is 0 Å². The summed E-state index contributed by atoms with van der Waals surface area (Å²) in [5.41, 5.74) is 8.66. The molecule has 0 aliphatic carbocycles. The highest BCUT2D eigenvalue weighted by molar-refractivity contribution is 5.78. The lowest BCUT2D eigenvalue weighted by Crippen LogP contribution is -2.35. The molecule has 3 N–H and O–H groups in total. The predicted octanol–water partition coefficient (Wildman–Crippen LogP) is 1.82. The van der Waals surface area contributed by atoms with Crippen LogP contribution in [0.25, 0.3) is 11.0 Å². The Balaban J connectivity index is 1.43. The highest BCUT2D eigenvalue weighted by atomic mass is 15.3. The van der Waals surface area contributed by atoms with Gasteiger partial charge in [0.05, 0.1) is 17.6 Å². The summed E-state index contributed by atoms with van der Waals surface area (Å²) in [5.74, 6) is 1.05. The molecule has 0 amide bonds. The zero-order chi connectivity index (χ0) is 14.2. The zero-order valence-electron chi connectivity index (χ0n) is 12.4. The number of rotatable bonds is 3. The Bertz CT molecular complexity index is 629. The summed E-state index contributed by atoms with van der Waals surface area (Å²) in [7, 11) is 0. The van der Waals surface area contributed by atoms with Crippen LogP contribution in [0.4, 0.5) is 5.69 Å². The van der Waals surface area contributed by atoms with Crippen molar-refractivity contribution in [3.05, 3.63) is 24.0 Å². The second-order valence-corrected chi connectivity index (χ2v) is 6.38. The van der Waals surface area contributed by atoms with Crippen LogP contribution in [0.15, 0.2) is 18.2 Å². The zero-order valence-corrected chi connectivity index (χ0v) is 12.4. The van der Waals surface area contributed by atoms with Crippen LogP contribution < -0.4 is 5.73 Å². The van der Waals surface area contributed by atoms with E-state index in [1.165, 1.54) is 45.4 Å². The second kappa shape index (κ2) is 5.31. The molecular weight excluding hydrogens is 262 g/mol. The molecule has 2 aliphatic heterocycles. The number of benzene rings is 1. The van der Waals surface area contributed by atoms with Crippen molar-refractivity contribution in [3.8, 4) is 0 Å². The normalized spacial score (nSPS) is 24.3. The van der Waals surface area contributed by atoms with Gasteiger partial charge >= 0.3 is 0 Å². The van der Waals surface area contributed by atoms with Gasteiger partial charge in [-0.2, -0.15) is 0 Å². The Morgan fingerprint density at radius 2 is 2.10 bits per heavy atom. The van der Waals surface area contributed by atoms with E-state index < -0.39 is 0 Å². The van der Waals surface area contributed by atoms with Crippen molar-refractivity contribution >= 4 is 16.7 Å². The summed E-state index contributed by atoms with van der Waals surface area (Å²) in [5, 5.41) is 0. The number of anilines is 1. The molecular formula is C16H23N5.